The number of nitrogens with zero attached hydrogens (tertiary/aromatic N) is 1. The fraction of sp³-hybridized carbons (Fsp3) is 0.900. The molecule has 0 aromatic rings. The van der Waals surface area contributed by atoms with E-state index in [0.29, 0.717) is 11.9 Å². The summed E-state index contributed by atoms with van der Waals surface area (Å²) in [5.74, 6) is 0.620. The van der Waals surface area contributed by atoms with Crippen LogP contribution in [0.1, 0.15) is 32.1 Å². The van der Waals surface area contributed by atoms with E-state index in [9.17, 15) is 4.79 Å². The molecule has 0 spiro atoms. The molecule has 0 aromatic heterocycles. The number of amides is 1. The normalized spacial score (nSPS) is 31.6. The molecule has 1 aliphatic carbocycles. The van der Waals surface area contributed by atoms with E-state index in [1.807, 2.05) is 4.90 Å². The third kappa shape index (κ3) is 2.39. The molecule has 1 heterocycles. The molecule has 3 nitrogen and oxygen atoms in total. The number of likely N-dealkylation sites (tertiary alicyclic amines) is 1. The van der Waals surface area contributed by atoms with E-state index < -0.39 is 0 Å². The lowest BCUT2D eigenvalue weighted by Crippen LogP contribution is -2.48. The van der Waals surface area contributed by atoms with E-state index in [4.69, 9.17) is 5.73 Å². The van der Waals surface area contributed by atoms with E-state index >= 15 is 0 Å². The Morgan fingerprint density at radius 3 is 2.21 bits per heavy atom. The van der Waals surface area contributed by atoms with Crippen LogP contribution in [0.2, 0.25) is 0 Å². The average molecular weight is 219 g/mol. The molecular formula is C10H19ClN2O. The van der Waals surface area contributed by atoms with Crippen molar-refractivity contribution in [3.05, 3.63) is 0 Å². The topological polar surface area (TPSA) is 46.3 Å². The Morgan fingerprint density at radius 2 is 1.71 bits per heavy atom. The van der Waals surface area contributed by atoms with Crippen molar-refractivity contribution < 1.29 is 4.79 Å². The molecule has 1 amide bonds. The van der Waals surface area contributed by atoms with Gasteiger partial charge in [-0.15, -0.1) is 12.4 Å². The van der Waals surface area contributed by atoms with Crippen molar-refractivity contribution in [1.82, 2.24) is 4.90 Å². The first-order chi connectivity index (χ1) is 6.27. The highest BCUT2D eigenvalue weighted by Gasteiger charge is 2.34. The predicted octanol–water partition coefficient (Wildman–Crippen LogP) is 1.16. The van der Waals surface area contributed by atoms with E-state index in [2.05, 4.69) is 0 Å². The highest BCUT2D eigenvalue weighted by Crippen LogP contribution is 2.28. The van der Waals surface area contributed by atoms with Crippen LogP contribution in [0.25, 0.3) is 0 Å². The van der Waals surface area contributed by atoms with Crippen LogP contribution in [0.15, 0.2) is 0 Å². The van der Waals surface area contributed by atoms with Crippen LogP contribution in [0.4, 0.5) is 0 Å². The molecule has 4 heteroatoms. The predicted molar refractivity (Wildman–Crippen MR) is 58.4 cm³/mol. The first kappa shape index (κ1) is 11.8. The zero-order valence-corrected chi connectivity index (χ0v) is 9.26. The zero-order chi connectivity index (χ0) is 9.26. The van der Waals surface area contributed by atoms with Gasteiger partial charge in [0.25, 0.3) is 0 Å². The molecule has 0 bridgehead atoms. The number of piperidine rings is 1. The Labute approximate surface area is 91.4 Å². The van der Waals surface area contributed by atoms with Gasteiger partial charge in [0.05, 0.1) is 0 Å². The number of hydrogen-bond acceptors (Lipinski definition) is 2. The van der Waals surface area contributed by atoms with Gasteiger partial charge >= 0.3 is 0 Å². The molecule has 2 fully saturated rings. The molecule has 2 rings (SSSR count). The maximum Gasteiger partial charge on any atom is 0.225 e. The summed E-state index contributed by atoms with van der Waals surface area (Å²) in [6.45, 7) is 1.95. The van der Waals surface area contributed by atoms with Crippen molar-refractivity contribution in [3.63, 3.8) is 0 Å². The fourth-order valence-electron chi connectivity index (χ4n) is 2.24. The third-order valence-corrected chi connectivity index (χ3v) is 3.19. The number of carbonyl (C=O) groups is 1. The number of rotatable bonds is 1. The number of carbonyl (C=O) groups excluding carboxylic acids is 1. The largest absolute Gasteiger partial charge is 0.342 e. The molecule has 1 saturated carbocycles. The van der Waals surface area contributed by atoms with Gasteiger partial charge in [0.15, 0.2) is 0 Å². The number of nitrogens with two attached hydrogens (primary N) is 1. The van der Waals surface area contributed by atoms with Gasteiger partial charge in [-0.25, -0.2) is 0 Å². The van der Waals surface area contributed by atoms with Crippen LogP contribution in [-0.2, 0) is 4.79 Å². The maximum absolute atomic E-state index is 11.8. The van der Waals surface area contributed by atoms with E-state index in [0.717, 1.165) is 25.9 Å². The van der Waals surface area contributed by atoms with Crippen molar-refractivity contribution in [2.75, 3.05) is 13.1 Å². The molecule has 0 atom stereocenters. The smallest absolute Gasteiger partial charge is 0.225 e. The summed E-state index contributed by atoms with van der Waals surface area (Å²) in [5.41, 5.74) is 5.67. The molecule has 1 aliphatic heterocycles. The van der Waals surface area contributed by atoms with E-state index in [1.54, 1.807) is 0 Å². The molecule has 82 valence electrons. The van der Waals surface area contributed by atoms with Crippen LogP contribution < -0.4 is 5.73 Å². The van der Waals surface area contributed by atoms with Crippen molar-refractivity contribution in [2.45, 2.75) is 38.1 Å². The highest BCUT2D eigenvalue weighted by molar-refractivity contribution is 5.85. The Morgan fingerprint density at radius 1 is 1.14 bits per heavy atom. The quantitative estimate of drug-likeness (QED) is 0.718. The summed E-state index contributed by atoms with van der Waals surface area (Å²) in [7, 11) is 0. The SMILES string of the molecule is Cl.NC1CC(C(=O)N2CCCCC2)C1. The van der Waals surface area contributed by atoms with Gasteiger partial charge in [0.1, 0.15) is 0 Å². The zero-order valence-electron chi connectivity index (χ0n) is 8.45. The van der Waals surface area contributed by atoms with Crippen LogP contribution >= 0.6 is 12.4 Å². The van der Waals surface area contributed by atoms with Crippen molar-refractivity contribution >= 4 is 18.3 Å². The summed E-state index contributed by atoms with van der Waals surface area (Å²) in [6, 6.07) is 0.291. The minimum atomic E-state index is 0. The second-order valence-electron chi connectivity index (χ2n) is 4.31. The summed E-state index contributed by atoms with van der Waals surface area (Å²) >= 11 is 0. The van der Waals surface area contributed by atoms with Gasteiger partial charge in [-0.05, 0) is 32.1 Å². The van der Waals surface area contributed by atoms with Crippen LogP contribution in [-0.4, -0.2) is 29.9 Å². The Balaban J connectivity index is 0.000000980. The summed E-state index contributed by atoms with van der Waals surface area (Å²) in [5, 5.41) is 0. The molecule has 2 N–H and O–H groups in total. The van der Waals surface area contributed by atoms with Crippen molar-refractivity contribution in [2.24, 2.45) is 11.7 Å². The Kier molecular flexibility index (Phi) is 4.20. The lowest BCUT2D eigenvalue weighted by Gasteiger charge is -2.37. The third-order valence-electron chi connectivity index (χ3n) is 3.19. The van der Waals surface area contributed by atoms with Gasteiger partial charge in [-0.2, -0.15) is 0 Å². The first-order valence-electron chi connectivity index (χ1n) is 5.32. The molecule has 1 saturated heterocycles. The molecule has 0 unspecified atom stereocenters. The maximum atomic E-state index is 11.8. The molecule has 2 aliphatic rings. The fourth-order valence-corrected chi connectivity index (χ4v) is 2.24. The number of hydrogen-bond donors (Lipinski definition) is 1. The Bertz CT molecular complexity index is 198. The summed E-state index contributed by atoms with van der Waals surface area (Å²) in [6.07, 6.45) is 5.48. The van der Waals surface area contributed by atoms with Crippen molar-refractivity contribution in [3.8, 4) is 0 Å². The Hall–Kier alpha value is -0.280. The minimum Gasteiger partial charge on any atom is -0.342 e. The summed E-state index contributed by atoms with van der Waals surface area (Å²) < 4.78 is 0. The summed E-state index contributed by atoms with van der Waals surface area (Å²) in [4.78, 5) is 13.8. The van der Waals surface area contributed by atoms with Gasteiger partial charge in [0, 0.05) is 25.0 Å². The van der Waals surface area contributed by atoms with E-state index in [-0.39, 0.29) is 18.3 Å². The molecule has 0 aromatic carbocycles. The van der Waals surface area contributed by atoms with Gasteiger partial charge in [0.2, 0.25) is 5.91 Å². The monoisotopic (exact) mass is 218 g/mol. The number of halogens is 1. The second-order valence-corrected chi connectivity index (χ2v) is 4.31. The standard InChI is InChI=1S/C10H18N2O.ClH/c11-9-6-8(7-9)10(13)12-4-2-1-3-5-12;/h8-9H,1-7,11H2;1H. The highest BCUT2D eigenvalue weighted by atomic mass is 35.5. The van der Waals surface area contributed by atoms with Crippen LogP contribution in [0, 0.1) is 5.92 Å². The second kappa shape index (κ2) is 4.99. The van der Waals surface area contributed by atoms with Crippen LogP contribution in [0.3, 0.4) is 0 Å². The van der Waals surface area contributed by atoms with Gasteiger partial charge in [-0.3, -0.25) is 4.79 Å². The van der Waals surface area contributed by atoms with Gasteiger partial charge < -0.3 is 10.6 Å². The van der Waals surface area contributed by atoms with Crippen molar-refractivity contribution in [1.29, 1.82) is 0 Å². The first-order valence-corrected chi connectivity index (χ1v) is 5.32. The minimum absolute atomic E-state index is 0. The average Bonchev–Trinajstić information content (AvgIpc) is 2.13. The molecule has 14 heavy (non-hydrogen) atoms. The lowest BCUT2D eigenvalue weighted by atomic mass is 9.80. The van der Waals surface area contributed by atoms with E-state index in [1.165, 1.54) is 19.3 Å². The lowest BCUT2D eigenvalue weighted by molar-refractivity contribution is -0.139. The van der Waals surface area contributed by atoms with Crippen LogP contribution in [0.5, 0.6) is 0 Å². The molecule has 0 radical (unpaired) electrons. The molecular weight excluding hydrogens is 200 g/mol. The van der Waals surface area contributed by atoms with Gasteiger partial charge in [-0.1, -0.05) is 0 Å².